The van der Waals surface area contributed by atoms with E-state index in [0.29, 0.717) is 0 Å². The molecule has 4 nitrogen and oxygen atoms in total. The highest BCUT2D eigenvalue weighted by molar-refractivity contribution is 5.92. The lowest BCUT2D eigenvalue weighted by Gasteiger charge is -2.23. The molecule has 64 heavy (non-hydrogen) atoms. The van der Waals surface area contributed by atoms with Gasteiger partial charge in [0.05, 0.1) is 22.4 Å². The largest absolute Gasteiger partial charge is 0.264 e. The van der Waals surface area contributed by atoms with Crippen molar-refractivity contribution < 1.29 is 0 Å². The van der Waals surface area contributed by atoms with E-state index in [1.807, 2.05) is 49.1 Å². The van der Waals surface area contributed by atoms with Crippen LogP contribution in [0.5, 0.6) is 0 Å². The number of rotatable bonds is 6. The Hall–Kier alpha value is -7.82. The topological polar surface area (TPSA) is 51.6 Å². The van der Waals surface area contributed by atoms with Crippen LogP contribution in [0.3, 0.4) is 0 Å². The van der Waals surface area contributed by atoms with Crippen LogP contribution in [-0.4, -0.2) is 19.9 Å². The first-order valence-corrected chi connectivity index (χ1v) is 22.1. The Labute approximate surface area is 374 Å². The Morgan fingerprint density at radius 1 is 0.297 bits per heavy atom. The summed E-state index contributed by atoms with van der Waals surface area (Å²) in [4.78, 5) is 19.4. The monoisotopic (exact) mass is 820 g/mol. The Bertz CT molecular complexity index is 3230. The molecule has 7 aromatic carbocycles. The van der Waals surface area contributed by atoms with Crippen molar-refractivity contribution in [2.75, 3.05) is 0 Å². The molecule has 304 valence electrons. The number of benzene rings is 7. The Morgan fingerprint density at radius 3 is 0.953 bits per heavy atom. The smallest absolute Gasteiger partial charge is 0.0973 e. The molecule has 0 saturated heterocycles. The van der Waals surface area contributed by atoms with E-state index in [4.69, 9.17) is 9.97 Å². The van der Waals surface area contributed by atoms with Crippen molar-refractivity contribution in [2.45, 2.75) is 38.5 Å². The third kappa shape index (κ3) is 6.05. The Morgan fingerprint density at radius 2 is 0.609 bits per heavy atom. The quantitative estimate of drug-likeness (QED) is 0.168. The minimum atomic E-state index is -0.222. The number of hydrogen-bond donors (Lipinski definition) is 0. The van der Waals surface area contributed by atoms with Crippen LogP contribution in [0.4, 0.5) is 0 Å². The number of fused-ring (bicyclic) bond motifs is 7. The molecule has 0 bridgehead atoms. The highest BCUT2D eigenvalue weighted by Crippen LogP contribution is 2.53. The van der Waals surface area contributed by atoms with Crippen LogP contribution in [0.15, 0.2) is 195 Å². The van der Waals surface area contributed by atoms with Gasteiger partial charge in [0.2, 0.25) is 0 Å². The van der Waals surface area contributed by atoms with Gasteiger partial charge in [-0.25, -0.2) is 9.97 Å². The highest BCUT2D eigenvalue weighted by atomic mass is 14.8. The minimum Gasteiger partial charge on any atom is -0.264 e. The number of pyridine rings is 2. The second-order valence-electron chi connectivity index (χ2n) is 18.3. The zero-order valence-electron chi connectivity index (χ0n) is 36.3. The fraction of sp³-hybridized carbons (Fsp3) is 0.100. The standard InChI is InChI=1S/C60H44N4/c1-59(2)51-31-41(37-13-17-39(18-14-37)45-9-7-29-61-35-45)21-25-47(51)49-27-23-43(33-53(49)59)57-58(64-56-12-6-5-11-55(56)63-57)44-24-28-50-48-26-22-42(32-52(48)60(3,4)54(50)34-44)38-15-19-40(20-16-38)46-10-8-30-62-36-46/h5-36H,1-4H3. The average Bonchev–Trinajstić information content (AvgIpc) is 3.72. The summed E-state index contributed by atoms with van der Waals surface area (Å²) in [6.45, 7) is 9.42. The summed E-state index contributed by atoms with van der Waals surface area (Å²) in [6, 6.07) is 61.8. The van der Waals surface area contributed by atoms with Gasteiger partial charge in [-0.1, -0.05) is 149 Å². The first-order valence-electron chi connectivity index (χ1n) is 22.1. The summed E-state index contributed by atoms with van der Waals surface area (Å²) in [7, 11) is 0. The summed E-state index contributed by atoms with van der Waals surface area (Å²) in [5, 5.41) is 0. The van der Waals surface area contributed by atoms with Crippen molar-refractivity contribution in [2.24, 2.45) is 0 Å². The van der Waals surface area contributed by atoms with E-state index in [-0.39, 0.29) is 10.8 Å². The molecule has 3 aromatic heterocycles. The van der Waals surface area contributed by atoms with Gasteiger partial charge in [-0.15, -0.1) is 0 Å². The molecular formula is C60H44N4. The minimum absolute atomic E-state index is 0.222. The maximum absolute atomic E-state index is 5.40. The van der Waals surface area contributed by atoms with Crippen molar-refractivity contribution in [3.63, 3.8) is 0 Å². The van der Waals surface area contributed by atoms with Crippen molar-refractivity contribution in [3.8, 4) is 89.3 Å². The van der Waals surface area contributed by atoms with Crippen LogP contribution in [0.25, 0.3) is 100 Å². The van der Waals surface area contributed by atoms with Crippen LogP contribution < -0.4 is 0 Å². The van der Waals surface area contributed by atoms with Crippen LogP contribution in [0.2, 0.25) is 0 Å². The lowest BCUT2D eigenvalue weighted by Crippen LogP contribution is -2.15. The number of nitrogens with zero attached hydrogens (tertiary/aromatic N) is 4. The van der Waals surface area contributed by atoms with Gasteiger partial charge < -0.3 is 0 Å². The molecule has 4 heteroatoms. The summed E-state index contributed by atoms with van der Waals surface area (Å²) in [5.41, 5.74) is 25.1. The van der Waals surface area contributed by atoms with Crippen LogP contribution >= 0.6 is 0 Å². The van der Waals surface area contributed by atoms with Crippen molar-refractivity contribution in [3.05, 3.63) is 217 Å². The van der Waals surface area contributed by atoms with E-state index in [0.717, 1.165) is 55.8 Å². The maximum atomic E-state index is 5.40. The van der Waals surface area contributed by atoms with E-state index in [2.05, 4.69) is 183 Å². The lowest BCUT2D eigenvalue weighted by molar-refractivity contribution is 0.660. The normalized spacial score (nSPS) is 13.9. The van der Waals surface area contributed by atoms with Crippen molar-refractivity contribution >= 4 is 11.0 Å². The molecule has 2 aliphatic rings. The molecule has 12 rings (SSSR count). The first-order chi connectivity index (χ1) is 31.2. The Balaban J connectivity index is 0.899. The number of aromatic nitrogens is 4. The molecule has 3 heterocycles. The average molecular weight is 821 g/mol. The zero-order valence-corrected chi connectivity index (χ0v) is 36.3. The van der Waals surface area contributed by atoms with Crippen LogP contribution in [0.1, 0.15) is 49.9 Å². The molecule has 2 aliphatic carbocycles. The number of hydrogen-bond acceptors (Lipinski definition) is 4. The molecule has 0 saturated carbocycles. The van der Waals surface area contributed by atoms with Crippen molar-refractivity contribution in [1.29, 1.82) is 0 Å². The summed E-state index contributed by atoms with van der Waals surface area (Å²) < 4.78 is 0. The van der Waals surface area contributed by atoms with Gasteiger partial charge in [-0.2, -0.15) is 0 Å². The fourth-order valence-electron chi connectivity index (χ4n) is 10.3. The Kier molecular flexibility index (Phi) is 8.51. The van der Waals surface area contributed by atoms with E-state index < -0.39 is 0 Å². The van der Waals surface area contributed by atoms with Gasteiger partial charge in [0.15, 0.2) is 0 Å². The molecule has 0 atom stereocenters. The first kappa shape index (κ1) is 37.9. The van der Waals surface area contributed by atoms with Gasteiger partial charge in [-0.3, -0.25) is 9.97 Å². The van der Waals surface area contributed by atoms with Crippen molar-refractivity contribution in [1.82, 2.24) is 19.9 Å². The third-order valence-electron chi connectivity index (χ3n) is 13.9. The predicted molar refractivity (Wildman–Crippen MR) is 263 cm³/mol. The van der Waals surface area contributed by atoms with E-state index in [9.17, 15) is 0 Å². The molecule has 0 spiro atoms. The van der Waals surface area contributed by atoms with Gasteiger partial charge >= 0.3 is 0 Å². The highest BCUT2D eigenvalue weighted by Gasteiger charge is 2.38. The molecule has 0 radical (unpaired) electrons. The lowest BCUT2D eigenvalue weighted by atomic mass is 9.80. The molecular weight excluding hydrogens is 777 g/mol. The van der Waals surface area contributed by atoms with Gasteiger partial charge in [0.1, 0.15) is 0 Å². The molecule has 0 N–H and O–H groups in total. The molecule has 0 unspecified atom stereocenters. The second kappa shape index (κ2) is 14.4. The van der Waals surface area contributed by atoms with E-state index in [1.54, 1.807) is 0 Å². The fourth-order valence-corrected chi connectivity index (χ4v) is 10.3. The number of para-hydroxylation sites is 2. The summed E-state index contributed by atoms with van der Waals surface area (Å²) in [6.07, 6.45) is 7.46. The van der Waals surface area contributed by atoms with E-state index >= 15 is 0 Å². The van der Waals surface area contributed by atoms with Gasteiger partial charge in [0.25, 0.3) is 0 Å². The van der Waals surface area contributed by atoms with E-state index in [1.165, 1.54) is 66.8 Å². The SMILES string of the molecule is CC1(C)c2cc(-c3ccc(-c4cccnc4)cc3)ccc2-c2ccc(-c3nc4ccccc4nc3-c3ccc4c(c3)C(C)(C)c3cc(-c5ccc(-c6cccnc6)cc5)ccc3-4)cc21. The molecule has 0 fully saturated rings. The predicted octanol–water partition coefficient (Wildman–Crippen LogP) is 15.0. The zero-order chi connectivity index (χ0) is 43.2. The summed E-state index contributed by atoms with van der Waals surface area (Å²) >= 11 is 0. The molecule has 0 aliphatic heterocycles. The third-order valence-corrected chi connectivity index (χ3v) is 13.9. The van der Waals surface area contributed by atoms with Crippen LogP contribution in [-0.2, 0) is 10.8 Å². The second-order valence-corrected chi connectivity index (χ2v) is 18.3. The summed E-state index contributed by atoms with van der Waals surface area (Å²) in [5.74, 6) is 0. The van der Waals surface area contributed by atoms with Crippen LogP contribution in [0, 0.1) is 0 Å². The molecule has 0 amide bonds. The van der Waals surface area contributed by atoms with Gasteiger partial charge in [0, 0.05) is 46.7 Å². The van der Waals surface area contributed by atoms with Gasteiger partial charge in [-0.05, 0) is 138 Å². The maximum Gasteiger partial charge on any atom is 0.0973 e. The molecule has 10 aromatic rings.